The molecule has 7 heteroatoms. The molecule has 4 nitrogen and oxygen atoms in total. The number of hydrazone groups is 1. The third kappa shape index (κ3) is 3.67. The molecule has 116 valence electrons. The second-order valence-corrected chi connectivity index (χ2v) is 6.39. The van der Waals surface area contributed by atoms with E-state index < -0.39 is 21.7 Å². The highest BCUT2D eigenvalue weighted by Crippen LogP contribution is 2.12. The Balaban J connectivity index is 2.26. The van der Waals surface area contributed by atoms with E-state index in [-0.39, 0.29) is 16.2 Å². The van der Waals surface area contributed by atoms with E-state index >= 15 is 0 Å². The maximum Gasteiger partial charge on any atom is 0.276 e. The van der Waals surface area contributed by atoms with Gasteiger partial charge in [0.25, 0.3) is 10.0 Å². The maximum atomic E-state index is 13.6. The highest BCUT2D eigenvalue weighted by molar-refractivity contribution is 7.89. The van der Waals surface area contributed by atoms with E-state index in [1.807, 2.05) is 11.8 Å². The summed E-state index contributed by atoms with van der Waals surface area (Å²) in [6.07, 6.45) is 0. The van der Waals surface area contributed by atoms with Crippen LogP contribution < -0.4 is 4.83 Å². The van der Waals surface area contributed by atoms with E-state index in [0.717, 1.165) is 23.8 Å². The van der Waals surface area contributed by atoms with Gasteiger partial charge in [0, 0.05) is 5.56 Å². The molecule has 0 spiro atoms. The Bertz CT molecular complexity index is 816. The Labute approximate surface area is 127 Å². The second kappa shape index (κ2) is 6.23. The molecular formula is C15H14F2N2O2S. The van der Waals surface area contributed by atoms with Gasteiger partial charge in [-0.05, 0) is 44.2 Å². The number of hydrogen-bond donors (Lipinski definition) is 1. The van der Waals surface area contributed by atoms with Crippen LogP contribution in [0.15, 0.2) is 52.5 Å². The van der Waals surface area contributed by atoms with Crippen molar-refractivity contribution in [2.24, 2.45) is 5.10 Å². The van der Waals surface area contributed by atoms with E-state index in [0.29, 0.717) is 0 Å². The zero-order valence-corrected chi connectivity index (χ0v) is 12.8. The lowest BCUT2D eigenvalue weighted by molar-refractivity contribution is 0.584. The van der Waals surface area contributed by atoms with E-state index in [1.54, 1.807) is 12.1 Å². The molecule has 0 saturated carbocycles. The fraction of sp³-hybridized carbons (Fsp3) is 0.133. The summed E-state index contributed by atoms with van der Waals surface area (Å²) < 4.78 is 50.8. The van der Waals surface area contributed by atoms with Gasteiger partial charge in [0.15, 0.2) is 0 Å². The van der Waals surface area contributed by atoms with Crippen LogP contribution in [0.3, 0.4) is 0 Å². The van der Waals surface area contributed by atoms with Crippen molar-refractivity contribution in [3.63, 3.8) is 0 Å². The molecule has 0 saturated heterocycles. The van der Waals surface area contributed by atoms with Crippen molar-refractivity contribution in [3.8, 4) is 0 Å². The van der Waals surface area contributed by atoms with Crippen LogP contribution in [0, 0.1) is 18.6 Å². The van der Waals surface area contributed by atoms with E-state index in [2.05, 4.69) is 5.10 Å². The van der Waals surface area contributed by atoms with Gasteiger partial charge < -0.3 is 0 Å². The predicted octanol–water partition coefficient (Wildman–Crippen LogP) is 2.98. The summed E-state index contributed by atoms with van der Waals surface area (Å²) in [5, 5.41) is 3.64. The van der Waals surface area contributed by atoms with Crippen LogP contribution in [-0.4, -0.2) is 14.1 Å². The van der Waals surface area contributed by atoms with Gasteiger partial charge in [-0.25, -0.2) is 8.78 Å². The van der Waals surface area contributed by atoms with Gasteiger partial charge in [0.2, 0.25) is 0 Å². The van der Waals surface area contributed by atoms with Crippen molar-refractivity contribution in [2.75, 3.05) is 0 Å². The molecule has 2 aromatic carbocycles. The average Bonchev–Trinajstić information content (AvgIpc) is 2.48. The fourth-order valence-electron chi connectivity index (χ4n) is 1.73. The minimum absolute atomic E-state index is 0.0210. The van der Waals surface area contributed by atoms with Gasteiger partial charge in [-0.2, -0.15) is 18.4 Å². The first kappa shape index (κ1) is 16.1. The molecule has 0 aliphatic carbocycles. The van der Waals surface area contributed by atoms with Gasteiger partial charge >= 0.3 is 0 Å². The molecule has 22 heavy (non-hydrogen) atoms. The lowest BCUT2D eigenvalue weighted by Gasteiger charge is -2.06. The minimum atomic E-state index is -3.86. The van der Waals surface area contributed by atoms with Gasteiger partial charge in [-0.1, -0.05) is 17.7 Å². The molecule has 1 N–H and O–H groups in total. The molecule has 0 radical (unpaired) electrons. The molecule has 0 aromatic heterocycles. The molecule has 2 aromatic rings. The highest BCUT2D eigenvalue weighted by Gasteiger charge is 2.13. The third-order valence-corrected chi connectivity index (χ3v) is 4.21. The molecule has 0 bridgehead atoms. The van der Waals surface area contributed by atoms with Crippen LogP contribution in [-0.2, 0) is 10.0 Å². The normalized spacial score (nSPS) is 12.3. The number of nitrogens with zero attached hydrogens (tertiary/aromatic N) is 1. The average molecular weight is 324 g/mol. The van der Waals surface area contributed by atoms with E-state index in [4.69, 9.17) is 0 Å². The van der Waals surface area contributed by atoms with Crippen LogP contribution in [0.1, 0.15) is 18.1 Å². The van der Waals surface area contributed by atoms with Gasteiger partial charge in [-0.3, -0.25) is 0 Å². The Hall–Kier alpha value is -2.28. The lowest BCUT2D eigenvalue weighted by atomic mass is 10.1. The second-order valence-electron chi connectivity index (χ2n) is 4.73. The molecule has 0 amide bonds. The van der Waals surface area contributed by atoms with Crippen molar-refractivity contribution in [2.45, 2.75) is 18.7 Å². The predicted molar refractivity (Wildman–Crippen MR) is 80.1 cm³/mol. The van der Waals surface area contributed by atoms with Crippen molar-refractivity contribution in [1.29, 1.82) is 0 Å². The maximum absolute atomic E-state index is 13.6. The van der Waals surface area contributed by atoms with Crippen LogP contribution in [0.25, 0.3) is 0 Å². The number of aryl methyl sites for hydroxylation is 1. The zero-order valence-electron chi connectivity index (χ0n) is 12.0. The summed E-state index contributed by atoms with van der Waals surface area (Å²) in [4.78, 5) is 2.05. The molecule has 0 unspecified atom stereocenters. The Morgan fingerprint density at radius 3 is 2.36 bits per heavy atom. The molecule has 0 fully saturated rings. The first-order chi connectivity index (χ1) is 10.3. The van der Waals surface area contributed by atoms with Gasteiger partial charge in [-0.15, -0.1) is 0 Å². The Morgan fingerprint density at radius 1 is 1.09 bits per heavy atom. The number of sulfonamides is 1. The summed E-state index contributed by atoms with van der Waals surface area (Å²) in [5.74, 6) is -1.32. The number of benzene rings is 2. The summed E-state index contributed by atoms with van der Waals surface area (Å²) in [7, 11) is -3.86. The molecule has 2 rings (SSSR count). The van der Waals surface area contributed by atoms with Crippen LogP contribution in [0.5, 0.6) is 0 Å². The summed E-state index contributed by atoms with van der Waals surface area (Å²) >= 11 is 0. The first-order valence-electron chi connectivity index (χ1n) is 6.38. The Kier molecular flexibility index (Phi) is 4.56. The SMILES string of the molecule is C/C(=N\NS(=O)(=O)c1ccc(C)cc1)c1cc(F)ccc1F. The molecule has 0 aliphatic heterocycles. The summed E-state index contributed by atoms with van der Waals surface area (Å²) in [6.45, 7) is 3.22. The smallest absolute Gasteiger partial charge is 0.207 e. The summed E-state index contributed by atoms with van der Waals surface area (Å²) in [6, 6.07) is 9.06. The standard InChI is InChI=1S/C15H14F2N2O2S/c1-10-3-6-13(7-4-10)22(20,21)19-18-11(2)14-9-12(16)5-8-15(14)17/h3-9,19H,1-2H3/b18-11+. The summed E-state index contributed by atoms with van der Waals surface area (Å²) in [5.41, 5.74) is 0.833. The van der Waals surface area contributed by atoms with E-state index in [1.165, 1.54) is 19.1 Å². The van der Waals surface area contributed by atoms with Crippen LogP contribution in [0.2, 0.25) is 0 Å². The quantitative estimate of drug-likeness (QED) is 0.694. The topological polar surface area (TPSA) is 58.5 Å². The number of halogens is 2. The van der Waals surface area contributed by atoms with Crippen molar-refractivity contribution in [3.05, 3.63) is 65.2 Å². The molecular weight excluding hydrogens is 310 g/mol. The number of hydrogen-bond acceptors (Lipinski definition) is 3. The first-order valence-corrected chi connectivity index (χ1v) is 7.86. The van der Waals surface area contributed by atoms with Gasteiger partial charge in [0.05, 0.1) is 10.6 Å². The number of nitrogens with one attached hydrogen (secondary N) is 1. The minimum Gasteiger partial charge on any atom is -0.207 e. The van der Waals surface area contributed by atoms with Crippen LogP contribution in [0.4, 0.5) is 8.78 Å². The molecule has 0 atom stereocenters. The Morgan fingerprint density at radius 2 is 1.73 bits per heavy atom. The lowest BCUT2D eigenvalue weighted by Crippen LogP contribution is -2.20. The highest BCUT2D eigenvalue weighted by atomic mass is 32.2. The van der Waals surface area contributed by atoms with Crippen molar-refractivity contribution in [1.82, 2.24) is 4.83 Å². The van der Waals surface area contributed by atoms with Crippen LogP contribution >= 0.6 is 0 Å². The van der Waals surface area contributed by atoms with Gasteiger partial charge in [0.1, 0.15) is 11.6 Å². The molecule has 0 aliphatic rings. The monoisotopic (exact) mass is 324 g/mol. The molecule has 0 heterocycles. The largest absolute Gasteiger partial charge is 0.276 e. The van der Waals surface area contributed by atoms with Crippen molar-refractivity contribution < 1.29 is 17.2 Å². The zero-order chi connectivity index (χ0) is 16.3. The fourth-order valence-corrected chi connectivity index (χ4v) is 2.59. The van der Waals surface area contributed by atoms with Crippen molar-refractivity contribution >= 4 is 15.7 Å². The number of rotatable bonds is 4. The third-order valence-electron chi connectivity index (χ3n) is 2.98. The van der Waals surface area contributed by atoms with E-state index in [9.17, 15) is 17.2 Å².